The minimum Gasteiger partial charge on any atom is -0.298 e. The lowest BCUT2D eigenvalue weighted by Crippen LogP contribution is -2.11. The maximum Gasteiger partial charge on any atom is 0.269 e. The van der Waals surface area contributed by atoms with Crippen molar-refractivity contribution in [1.82, 2.24) is 4.98 Å². The van der Waals surface area contributed by atoms with Crippen LogP contribution in [-0.4, -0.2) is 15.8 Å². The number of hydrogen-bond donors (Lipinski definition) is 1. The second-order valence-electron chi connectivity index (χ2n) is 5.66. The predicted octanol–water partition coefficient (Wildman–Crippen LogP) is 4.58. The standard InChI is InChI=1S/C17H15N3O3S/c1-10(2)12-5-8-14-15(9-12)24-17(18-14)19-16(21)11-3-6-13(7-4-11)20(22)23/h3-10H,1-2H3,(H,18,19,21). The zero-order chi connectivity index (χ0) is 17.3. The van der Waals surface area contributed by atoms with Gasteiger partial charge < -0.3 is 0 Å². The van der Waals surface area contributed by atoms with Crippen molar-refractivity contribution in [3.63, 3.8) is 0 Å². The summed E-state index contributed by atoms with van der Waals surface area (Å²) in [7, 11) is 0. The highest BCUT2D eigenvalue weighted by Crippen LogP contribution is 2.29. The first-order valence-corrected chi connectivity index (χ1v) is 8.22. The van der Waals surface area contributed by atoms with Crippen molar-refractivity contribution in [1.29, 1.82) is 0 Å². The molecule has 24 heavy (non-hydrogen) atoms. The van der Waals surface area contributed by atoms with Crippen LogP contribution in [0.1, 0.15) is 35.7 Å². The van der Waals surface area contributed by atoms with Gasteiger partial charge in [-0.05, 0) is 35.7 Å². The molecular weight excluding hydrogens is 326 g/mol. The van der Waals surface area contributed by atoms with Crippen molar-refractivity contribution < 1.29 is 9.72 Å². The number of thiazole rings is 1. The molecule has 6 nitrogen and oxygen atoms in total. The Bertz CT molecular complexity index is 916. The zero-order valence-electron chi connectivity index (χ0n) is 13.1. The number of benzene rings is 2. The van der Waals surface area contributed by atoms with Gasteiger partial charge in [-0.3, -0.25) is 20.2 Å². The summed E-state index contributed by atoms with van der Waals surface area (Å²) in [6.45, 7) is 4.25. The number of amides is 1. The van der Waals surface area contributed by atoms with Crippen molar-refractivity contribution in [3.05, 3.63) is 63.7 Å². The molecule has 3 aromatic rings. The molecule has 1 aromatic heterocycles. The smallest absolute Gasteiger partial charge is 0.269 e. The van der Waals surface area contributed by atoms with Crippen LogP contribution in [0.2, 0.25) is 0 Å². The van der Waals surface area contributed by atoms with E-state index in [2.05, 4.69) is 30.2 Å². The zero-order valence-corrected chi connectivity index (χ0v) is 14.0. The third-order valence-electron chi connectivity index (χ3n) is 3.64. The van der Waals surface area contributed by atoms with Crippen LogP contribution in [0.5, 0.6) is 0 Å². The highest BCUT2D eigenvalue weighted by atomic mass is 32.1. The Morgan fingerprint density at radius 2 is 1.92 bits per heavy atom. The summed E-state index contributed by atoms with van der Waals surface area (Å²) >= 11 is 1.41. The van der Waals surface area contributed by atoms with Gasteiger partial charge in [-0.1, -0.05) is 31.3 Å². The van der Waals surface area contributed by atoms with E-state index in [1.807, 2.05) is 12.1 Å². The number of rotatable bonds is 4. The minimum atomic E-state index is -0.498. The molecule has 1 amide bonds. The van der Waals surface area contributed by atoms with Gasteiger partial charge in [-0.15, -0.1) is 0 Å². The Labute approximate surface area is 142 Å². The SMILES string of the molecule is CC(C)c1ccc2nc(NC(=O)c3ccc([N+](=O)[O-])cc3)sc2c1. The topological polar surface area (TPSA) is 85.1 Å². The van der Waals surface area contributed by atoms with Gasteiger partial charge >= 0.3 is 0 Å². The molecule has 0 radical (unpaired) electrons. The number of fused-ring (bicyclic) bond motifs is 1. The van der Waals surface area contributed by atoms with E-state index in [9.17, 15) is 14.9 Å². The molecule has 0 spiro atoms. The van der Waals surface area contributed by atoms with Crippen molar-refractivity contribution >= 4 is 38.3 Å². The number of carbonyl (C=O) groups excluding carboxylic acids is 1. The van der Waals surface area contributed by atoms with Crippen LogP contribution in [0, 0.1) is 10.1 Å². The molecule has 0 bridgehead atoms. The Morgan fingerprint density at radius 3 is 2.54 bits per heavy atom. The van der Waals surface area contributed by atoms with Gasteiger partial charge in [-0.25, -0.2) is 4.98 Å². The van der Waals surface area contributed by atoms with Gasteiger partial charge in [0.15, 0.2) is 5.13 Å². The summed E-state index contributed by atoms with van der Waals surface area (Å²) in [6.07, 6.45) is 0. The number of anilines is 1. The molecule has 122 valence electrons. The number of nitro benzene ring substituents is 1. The molecule has 1 N–H and O–H groups in total. The first-order valence-electron chi connectivity index (χ1n) is 7.40. The highest BCUT2D eigenvalue weighted by Gasteiger charge is 2.12. The molecule has 3 rings (SSSR count). The number of aromatic nitrogens is 1. The first kappa shape index (κ1) is 16.1. The normalized spacial score (nSPS) is 11.0. The lowest BCUT2D eigenvalue weighted by Gasteiger charge is -2.03. The second-order valence-corrected chi connectivity index (χ2v) is 6.69. The van der Waals surface area contributed by atoms with E-state index in [4.69, 9.17) is 0 Å². The summed E-state index contributed by atoms with van der Waals surface area (Å²) in [5.41, 5.74) is 2.36. The molecular formula is C17H15N3O3S. The van der Waals surface area contributed by atoms with Gasteiger partial charge in [0.2, 0.25) is 0 Å². The van der Waals surface area contributed by atoms with Crippen LogP contribution in [0.15, 0.2) is 42.5 Å². The number of nitrogens with one attached hydrogen (secondary N) is 1. The Morgan fingerprint density at radius 1 is 1.21 bits per heavy atom. The molecule has 0 aliphatic rings. The number of non-ortho nitro benzene ring substituents is 1. The van der Waals surface area contributed by atoms with Crippen LogP contribution >= 0.6 is 11.3 Å². The molecule has 2 aromatic carbocycles. The largest absolute Gasteiger partial charge is 0.298 e. The average Bonchev–Trinajstić information content (AvgIpc) is 2.96. The van der Waals surface area contributed by atoms with E-state index in [0.717, 1.165) is 10.2 Å². The summed E-state index contributed by atoms with van der Waals surface area (Å²) < 4.78 is 1.01. The monoisotopic (exact) mass is 341 g/mol. The predicted molar refractivity (Wildman–Crippen MR) is 94.8 cm³/mol. The highest BCUT2D eigenvalue weighted by molar-refractivity contribution is 7.22. The van der Waals surface area contributed by atoms with Crippen molar-refractivity contribution in [3.8, 4) is 0 Å². The number of carbonyl (C=O) groups is 1. The summed E-state index contributed by atoms with van der Waals surface area (Å²) in [6, 6.07) is 11.5. The van der Waals surface area contributed by atoms with Gasteiger partial charge in [0.1, 0.15) is 0 Å². The molecule has 1 heterocycles. The fourth-order valence-corrected chi connectivity index (χ4v) is 3.17. The molecule has 0 fully saturated rings. The van der Waals surface area contributed by atoms with Gasteiger partial charge in [0.05, 0.1) is 15.1 Å². The average molecular weight is 341 g/mol. The molecule has 0 saturated heterocycles. The third kappa shape index (κ3) is 3.26. The van der Waals surface area contributed by atoms with Crippen LogP contribution in [0.4, 0.5) is 10.8 Å². The Balaban J connectivity index is 1.81. The fourth-order valence-electron chi connectivity index (χ4n) is 2.26. The lowest BCUT2D eigenvalue weighted by molar-refractivity contribution is -0.384. The quantitative estimate of drug-likeness (QED) is 0.556. The molecule has 0 aliphatic heterocycles. The Kier molecular flexibility index (Phi) is 4.26. The van der Waals surface area contributed by atoms with Crippen molar-refractivity contribution in [2.75, 3.05) is 5.32 Å². The van der Waals surface area contributed by atoms with Crippen molar-refractivity contribution in [2.45, 2.75) is 19.8 Å². The van der Waals surface area contributed by atoms with Crippen LogP contribution in [0.25, 0.3) is 10.2 Å². The number of nitrogens with zero attached hydrogens (tertiary/aromatic N) is 2. The van der Waals surface area contributed by atoms with Crippen LogP contribution in [-0.2, 0) is 0 Å². The van der Waals surface area contributed by atoms with Gasteiger partial charge in [-0.2, -0.15) is 0 Å². The van der Waals surface area contributed by atoms with E-state index >= 15 is 0 Å². The van der Waals surface area contributed by atoms with E-state index in [1.165, 1.54) is 41.2 Å². The number of hydrogen-bond acceptors (Lipinski definition) is 5. The van der Waals surface area contributed by atoms with Gasteiger partial charge in [0, 0.05) is 17.7 Å². The maximum absolute atomic E-state index is 12.2. The Hall–Kier alpha value is -2.80. The van der Waals surface area contributed by atoms with E-state index in [-0.39, 0.29) is 11.6 Å². The molecule has 0 atom stereocenters. The van der Waals surface area contributed by atoms with E-state index in [1.54, 1.807) is 0 Å². The molecule has 0 unspecified atom stereocenters. The molecule has 0 aliphatic carbocycles. The van der Waals surface area contributed by atoms with Crippen molar-refractivity contribution in [2.24, 2.45) is 0 Å². The van der Waals surface area contributed by atoms with E-state index < -0.39 is 4.92 Å². The third-order valence-corrected chi connectivity index (χ3v) is 4.57. The second kappa shape index (κ2) is 6.37. The van der Waals surface area contributed by atoms with Crippen LogP contribution < -0.4 is 5.32 Å². The first-order chi connectivity index (χ1) is 11.4. The summed E-state index contributed by atoms with van der Waals surface area (Å²) in [5, 5.41) is 13.9. The number of nitro groups is 1. The molecule has 0 saturated carbocycles. The fraction of sp³-hybridized carbons (Fsp3) is 0.176. The maximum atomic E-state index is 12.2. The summed E-state index contributed by atoms with van der Waals surface area (Å²) in [4.78, 5) is 26.8. The van der Waals surface area contributed by atoms with Gasteiger partial charge in [0.25, 0.3) is 11.6 Å². The minimum absolute atomic E-state index is 0.0484. The molecule has 7 heteroatoms. The lowest BCUT2D eigenvalue weighted by atomic mass is 10.0. The van der Waals surface area contributed by atoms with Crippen LogP contribution in [0.3, 0.4) is 0 Å². The summed E-state index contributed by atoms with van der Waals surface area (Å²) in [5.74, 6) is 0.0858. The van der Waals surface area contributed by atoms with E-state index in [0.29, 0.717) is 16.6 Å².